The molecule has 1 aliphatic rings. The van der Waals surface area contributed by atoms with Crippen molar-refractivity contribution >= 4 is 33.2 Å². The highest BCUT2D eigenvalue weighted by atomic mass is 32.2. The minimum absolute atomic E-state index is 0.0524. The van der Waals surface area contributed by atoms with Gasteiger partial charge in [-0.05, 0) is 42.8 Å². The number of nitrogens with one attached hydrogen (secondary N) is 1. The van der Waals surface area contributed by atoms with Crippen LogP contribution in [0.4, 0.5) is 11.4 Å². The van der Waals surface area contributed by atoms with Crippen molar-refractivity contribution in [2.45, 2.75) is 17.7 Å². The molecule has 0 atom stereocenters. The van der Waals surface area contributed by atoms with Crippen molar-refractivity contribution in [3.8, 4) is 0 Å². The molecule has 1 saturated heterocycles. The maximum Gasteiger partial charge on any atom is 0.255 e. The van der Waals surface area contributed by atoms with Crippen molar-refractivity contribution in [2.24, 2.45) is 0 Å². The van der Waals surface area contributed by atoms with Crippen LogP contribution in [0.1, 0.15) is 23.2 Å². The molecular formula is C19H21N3O4S. The molecule has 0 radical (unpaired) electrons. The quantitative estimate of drug-likeness (QED) is 0.853. The highest BCUT2D eigenvalue weighted by molar-refractivity contribution is 7.89. The van der Waals surface area contributed by atoms with E-state index in [1.165, 1.54) is 32.3 Å². The predicted octanol–water partition coefficient (Wildman–Crippen LogP) is 2.32. The monoisotopic (exact) mass is 387 g/mol. The van der Waals surface area contributed by atoms with Crippen LogP contribution in [-0.2, 0) is 14.8 Å². The fourth-order valence-electron chi connectivity index (χ4n) is 2.88. The van der Waals surface area contributed by atoms with Crippen molar-refractivity contribution in [1.82, 2.24) is 4.31 Å². The van der Waals surface area contributed by atoms with Crippen LogP contribution in [0, 0.1) is 0 Å². The molecule has 8 heteroatoms. The van der Waals surface area contributed by atoms with Gasteiger partial charge < -0.3 is 10.2 Å². The van der Waals surface area contributed by atoms with E-state index in [1.54, 1.807) is 29.2 Å². The third-order valence-corrected chi connectivity index (χ3v) is 6.17. The molecule has 2 amide bonds. The fraction of sp³-hybridized carbons (Fsp3) is 0.263. The van der Waals surface area contributed by atoms with E-state index < -0.39 is 15.9 Å². The van der Waals surface area contributed by atoms with Gasteiger partial charge in [-0.1, -0.05) is 12.1 Å². The Bertz CT molecular complexity index is 986. The summed E-state index contributed by atoms with van der Waals surface area (Å²) in [5.41, 5.74) is 1.51. The number of carbonyl (C=O) groups excluding carboxylic acids is 2. The van der Waals surface area contributed by atoms with Gasteiger partial charge in [0, 0.05) is 44.0 Å². The summed E-state index contributed by atoms with van der Waals surface area (Å²) in [6.07, 6.45) is 1.35. The van der Waals surface area contributed by atoms with Crippen LogP contribution in [0.25, 0.3) is 0 Å². The first kappa shape index (κ1) is 19.1. The summed E-state index contributed by atoms with van der Waals surface area (Å²) in [7, 11) is -0.745. The first-order valence-electron chi connectivity index (χ1n) is 8.53. The van der Waals surface area contributed by atoms with Crippen LogP contribution in [-0.4, -0.2) is 45.2 Å². The lowest BCUT2D eigenvalue weighted by Crippen LogP contribution is -2.24. The number of nitrogens with zero attached hydrogens (tertiary/aromatic N) is 2. The van der Waals surface area contributed by atoms with Gasteiger partial charge in [-0.25, -0.2) is 12.7 Å². The Morgan fingerprint density at radius 1 is 1.11 bits per heavy atom. The molecule has 7 nitrogen and oxygen atoms in total. The molecule has 0 unspecified atom stereocenters. The zero-order valence-corrected chi connectivity index (χ0v) is 16.0. The molecule has 1 aliphatic heterocycles. The lowest BCUT2D eigenvalue weighted by atomic mass is 10.2. The summed E-state index contributed by atoms with van der Waals surface area (Å²) in [6.45, 7) is 0.667. The van der Waals surface area contributed by atoms with Gasteiger partial charge in [0.2, 0.25) is 15.9 Å². The smallest absolute Gasteiger partial charge is 0.255 e. The number of amides is 2. The van der Waals surface area contributed by atoms with Crippen molar-refractivity contribution in [3.05, 3.63) is 54.1 Å². The fourth-order valence-corrected chi connectivity index (χ4v) is 3.83. The van der Waals surface area contributed by atoms with E-state index in [0.717, 1.165) is 16.4 Å². The van der Waals surface area contributed by atoms with E-state index in [1.807, 2.05) is 6.07 Å². The summed E-state index contributed by atoms with van der Waals surface area (Å²) in [4.78, 5) is 26.2. The Hall–Kier alpha value is -2.71. The molecule has 0 aromatic heterocycles. The van der Waals surface area contributed by atoms with Crippen LogP contribution in [0.15, 0.2) is 53.4 Å². The van der Waals surface area contributed by atoms with Gasteiger partial charge in [0.1, 0.15) is 0 Å². The van der Waals surface area contributed by atoms with Gasteiger partial charge in [-0.2, -0.15) is 0 Å². The molecule has 142 valence electrons. The second kappa shape index (κ2) is 7.50. The zero-order valence-electron chi connectivity index (χ0n) is 15.2. The van der Waals surface area contributed by atoms with Gasteiger partial charge in [-0.3, -0.25) is 9.59 Å². The summed E-state index contributed by atoms with van der Waals surface area (Å²) in [5.74, 6) is -0.351. The second-order valence-electron chi connectivity index (χ2n) is 6.47. The Balaban J connectivity index is 1.81. The predicted molar refractivity (Wildman–Crippen MR) is 103 cm³/mol. The van der Waals surface area contributed by atoms with Crippen molar-refractivity contribution in [2.75, 3.05) is 30.9 Å². The van der Waals surface area contributed by atoms with Gasteiger partial charge in [0.05, 0.1) is 4.90 Å². The molecule has 2 aromatic carbocycles. The Morgan fingerprint density at radius 2 is 1.85 bits per heavy atom. The number of rotatable bonds is 5. The lowest BCUT2D eigenvalue weighted by molar-refractivity contribution is -0.117. The van der Waals surface area contributed by atoms with Crippen LogP contribution >= 0.6 is 0 Å². The molecule has 0 spiro atoms. The van der Waals surface area contributed by atoms with E-state index in [4.69, 9.17) is 0 Å². The van der Waals surface area contributed by atoms with Gasteiger partial charge in [0.25, 0.3) is 5.91 Å². The molecule has 0 bridgehead atoms. The van der Waals surface area contributed by atoms with E-state index >= 15 is 0 Å². The normalized spacial score (nSPS) is 14.6. The molecular weight excluding hydrogens is 366 g/mol. The highest BCUT2D eigenvalue weighted by Crippen LogP contribution is 2.24. The standard InChI is InChI=1S/C19H21N3O4S/c1-21(2)27(25,26)17-9-3-6-14(12-17)19(24)20-15-7-4-8-16(13-15)22-11-5-10-18(22)23/h3-4,6-9,12-13H,5,10-11H2,1-2H3,(H,20,24). The summed E-state index contributed by atoms with van der Waals surface area (Å²) < 4.78 is 25.6. The Kier molecular flexibility index (Phi) is 5.29. The summed E-state index contributed by atoms with van der Waals surface area (Å²) in [6, 6.07) is 12.9. The third-order valence-electron chi connectivity index (χ3n) is 4.36. The van der Waals surface area contributed by atoms with Crippen molar-refractivity contribution < 1.29 is 18.0 Å². The summed E-state index contributed by atoms with van der Waals surface area (Å²) in [5, 5.41) is 2.76. The van der Waals surface area contributed by atoms with Gasteiger partial charge >= 0.3 is 0 Å². The number of anilines is 2. The maximum absolute atomic E-state index is 12.6. The molecule has 1 N–H and O–H groups in total. The zero-order chi connectivity index (χ0) is 19.6. The van der Waals surface area contributed by atoms with Gasteiger partial charge in [-0.15, -0.1) is 0 Å². The van der Waals surface area contributed by atoms with Crippen LogP contribution < -0.4 is 10.2 Å². The Labute approximate surface area is 158 Å². The van der Waals surface area contributed by atoms with Gasteiger partial charge in [0.15, 0.2) is 0 Å². The number of sulfonamides is 1. The number of hydrogen-bond donors (Lipinski definition) is 1. The first-order valence-corrected chi connectivity index (χ1v) is 9.97. The third kappa shape index (κ3) is 4.01. The second-order valence-corrected chi connectivity index (χ2v) is 8.62. The minimum atomic E-state index is -3.62. The lowest BCUT2D eigenvalue weighted by Gasteiger charge is -2.17. The topological polar surface area (TPSA) is 86.8 Å². The number of hydrogen-bond acceptors (Lipinski definition) is 4. The van der Waals surface area contributed by atoms with Crippen molar-refractivity contribution in [1.29, 1.82) is 0 Å². The largest absolute Gasteiger partial charge is 0.322 e. The molecule has 3 rings (SSSR count). The molecule has 0 saturated carbocycles. The van der Waals surface area contributed by atoms with E-state index in [9.17, 15) is 18.0 Å². The highest BCUT2D eigenvalue weighted by Gasteiger charge is 2.22. The molecule has 2 aromatic rings. The number of carbonyl (C=O) groups is 2. The summed E-state index contributed by atoms with van der Waals surface area (Å²) >= 11 is 0. The molecule has 1 heterocycles. The van der Waals surface area contributed by atoms with E-state index in [2.05, 4.69) is 5.32 Å². The molecule has 0 aliphatic carbocycles. The maximum atomic E-state index is 12.6. The SMILES string of the molecule is CN(C)S(=O)(=O)c1cccc(C(=O)Nc2cccc(N3CCCC3=O)c2)c1. The van der Waals surface area contributed by atoms with Crippen LogP contribution in [0.2, 0.25) is 0 Å². The van der Waals surface area contributed by atoms with Crippen molar-refractivity contribution in [3.63, 3.8) is 0 Å². The Morgan fingerprint density at radius 3 is 2.52 bits per heavy atom. The first-order chi connectivity index (χ1) is 12.8. The average Bonchev–Trinajstić information content (AvgIpc) is 3.08. The molecule has 27 heavy (non-hydrogen) atoms. The van der Waals surface area contributed by atoms with Crippen LogP contribution in [0.5, 0.6) is 0 Å². The number of benzene rings is 2. The minimum Gasteiger partial charge on any atom is -0.322 e. The van der Waals surface area contributed by atoms with E-state index in [0.29, 0.717) is 18.7 Å². The van der Waals surface area contributed by atoms with Crippen LogP contribution in [0.3, 0.4) is 0 Å². The molecule has 1 fully saturated rings. The van der Waals surface area contributed by atoms with E-state index in [-0.39, 0.29) is 16.4 Å². The average molecular weight is 387 g/mol.